The van der Waals surface area contributed by atoms with Crippen LogP contribution in [0.5, 0.6) is 0 Å². The minimum Gasteiger partial charge on any atom is -0.166 e. The van der Waals surface area contributed by atoms with Gasteiger partial charge in [0.25, 0.3) is 0 Å². The molecule has 0 aliphatic carbocycles. The van der Waals surface area contributed by atoms with Gasteiger partial charge in [-0.15, -0.1) is 11.8 Å². The molecule has 0 amide bonds. The van der Waals surface area contributed by atoms with Crippen molar-refractivity contribution in [2.75, 3.05) is 0 Å². The number of hydrogen-bond acceptors (Lipinski definition) is 1. The number of halogens is 3. The fourth-order valence-electron chi connectivity index (χ4n) is 0.740. The van der Waals surface area contributed by atoms with Gasteiger partial charge in [0.15, 0.2) is 0 Å². The van der Waals surface area contributed by atoms with E-state index in [0.717, 1.165) is 17.0 Å². The second-order valence-electron chi connectivity index (χ2n) is 2.17. The normalized spacial score (nSPS) is 11.7. The smallest absolute Gasteiger partial charge is 0.166 e. The Hall–Kier alpha value is -0.640. The van der Waals surface area contributed by atoms with Gasteiger partial charge in [-0.1, -0.05) is 0 Å². The standard InChI is InChI=1S/C8H6F3S/c1-12-7-4-2-6(3-5-7)8(9,10)11/h2-5H,1H2. The van der Waals surface area contributed by atoms with Crippen molar-refractivity contribution in [3.63, 3.8) is 0 Å². The first-order chi connectivity index (χ1) is 5.54. The summed E-state index contributed by atoms with van der Waals surface area (Å²) in [5, 5.41) is 0. The maximum absolute atomic E-state index is 12.0. The van der Waals surface area contributed by atoms with Crippen LogP contribution in [0, 0.1) is 6.26 Å². The van der Waals surface area contributed by atoms with Crippen molar-refractivity contribution in [2.45, 2.75) is 11.1 Å². The number of rotatable bonds is 1. The van der Waals surface area contributed by atoms with Gasteiger partial charge in [-0.2, -0.15) is 13.2 Å². The summed E-state index contributed by atoms with van der Waals surface area (Å²) >= 11 is 1.17. The van der Waals surface area contributed by atoms with Crippen LogP contribution >= 0.6 is 11.8 Å². The molecule has 4 heteroatoms. The Morgan fingerprint density at radius 2 is 1.58 bits per heavy atom. The van der Waals surface area contributed by atoms with Gasteiger partial charge in [0, 0.05) is 11.2 Å². The summed E-state index contributed by atoms with van der Waals surface area (Å²) in [6, 6.07) is 4.90. The highest BCUT2D eigenvalue weighted by atomic mass is 32.2. The summed E-state index contributed by atoms with van der Waals surface area (Å²) in [5.74, 6) is 0. The number of hydrogen-bond donors (Lipinski definition) is 0. The van der Waals surface area contributed by atoms with Gasteiger partial charge in [0.2, 0.25) is 0 Å². The molecule has 0 heterocycles. The highest BCUT2D eigenvalue weighted by molar-refractivity contribution is 8.00. The van der Waals surface area contributed by atoms with Gasteiger partial charge in [0.05, 0.1) is 5.56 Å². The van der Waals surface area contributed by atoms with Crippen molar-refractivity contribution in [3.8, 4) is 0 Å². The second-order valence-corrected chi connectivity index (χ2v) is 2.93. The molecule has 0 aliphatic heterocycles. The van der Waals surface area contributed by atoms with Crippen LogP contribution in [0.1, 0.15) is 5.56 Å². The second kappa shape index (κ2) is 3.39. The Kier molecular flexibility index (Phi) is 2.67. The van der Waals surface area contributed by atoms with Crippen LogP contribution in [0.2, 0.25) is 0 Å². The summed E-state index contributed by atoms with van der Waals surface area (Å²) < 4.78 is 36.0. The Morgan fingerprint density at radius 3 is 1.92 bits per heavy atom. The molecule has 0 unspecified atom stereocenters. The van der Waals surface area contributed by atoms with Crippen LogP contribution in [-0.4, -0.2) is 0 Å². The molecule has 65 valence electrons. The van der Waals surface area contributed by atoms with E-state index >= 15 is 0 Å². The first kappa shape index (κ1) is 9.45. The Balaban J connectivity index is 2.93. The van der Waals surface area contributed by atoms with Crippen molar-refractivity contribution in [3.05, 3.63) is 36.1 Å². The number of benzene rings is 1. The third-order valence-electron chi connectivity index (χ3n) is 1.35. The van der Waals surface area contributed by atoms with Gasteiger partial charge in [-0.05, 0) is 24.3 Å². The summed E-state index contributed by atoms with van der Waals surface area (Å²) in [6.45, 7) is 0. The van der Waals surface area contributed by atoms with E-state index in [1.54, 1.807) is 0 Å². The molecule has 0 spiro atoms. The summed E-state index contributed by atoms with van der Waals surface area (Å²) in [5.41, 5.74) is -0.625. The summed E-state index contributed by atoms with van der Waals surface area (Å²) in [7, 11) is 0. The van der Waals surface area contributed by atoms with Crippen LogP contribution in [0.4, 0.5) is 13.2 Å². The first-order valence-corrected chi connectivity index (χ1v) is 4.12. The molecule has 1 rings (SSSR count). The van der Waals surface area contributed by atoms with Gasteiger partial charge in [0.1, 0.15) is 0 Å². The van der Waals surface area contributed by atoms with Crippen molar-refractivity contribution in [1.82, 2.24) is 0 Å². The molecule has 0 saturated carbocycles. The molecule has 0 N–H and O–H groups in total. The molecule has 0 atom stereocenters. The van der Waals surface area contributed by atoms with Gasteiger partial charge in [-0.25, -0.2) is 0 Å². The molecule has 0 fully saturated rings. The molecular weight excluding hydrogens is 185 g/mol. The largest absolute Gasteiger partial charge is 0.416 e. The predicted molar refractivity (Wildman–Crippen MR) is 42.7 cm³/mol. The van der Waals surface area contributed by atoms with Crippen LogP contribution in [0.15, 0.2) is 29.2 Å². The topological polar surface area (TPSA) is 0 Å². The van der Waals surface area contributed by atoms with Crippen LogP contribution < -0.4 is 0 Å². The van der Waals surface area contributed by atoms with Gasteiger partial charge < -0.3 is 0 Å². The lowest BCUT2D eigenvalue weighted by Gasteiger charge is -2.05. The van der Waals surface area contributed by atoms with E-state index in [9.17, 15) is 13.2 Å². The van der Waals surface area contributed by atoms with E-state index in [0.29, 0.717) is 0 Å². The average molecular weight is 191 g/mol. The quantitative estimate of drug-likeness (QED) is 0.611. The van der Waals surface area contributed by atoms with Crippen LogP contribution in [0.25, 0.3) is 0 Å². The Morgan fingerprint density at radius 1 is 1.08 bits per heavy atom. The molecule has 0 aromatic heterocycles. The van der Waals surface area contributed by atoms with Crippen molar-refractivity contribution in [2.24, 2.45) is 0 Å². The van der Waals surface area contributed by atoms with Crippen molar-refractivity contribution < 1.29 is 13.2 Å². The highest BCUT2D eigenvalue weighted by Gasteiger charge is 2.29. The maximum atomic E-state index is 12.0. The third-order valence-corrected chi connectivity index (χ3v) is 1.95. The molecule has 0 saturated heterocycles. The van der Waals surface area contributed by atoms with E-state index in [1.807, 2.05) is 0 Å². The third kappa shape index (κ3) is 2.17. The summed E-state index contributed by atoms with van der Waals surface area (Å²) in [6.07, 6.45) is -0.762. The molecule has 12 heavy (non-hydrogen) atoms. The molecular formula is C8H6F3S. The fourth-order valence-corrected chi connectivity index (χ4v) is 1.07. The van der Waals surface area contributed by atoms with Crippen molar-refractivity contribution in [1.29, 1.82) is 0 Å². The molecule has 0 aliphatic rings. The zero-order valence-electron chi connectivity index (χ0n) is 6.06. The Bertz CT molecular complexity index is 250. The molecule has 0 bridgehead atoms. The van der Waals surface area contributed by atoms with E-state index in [4.69, 9.17) is 0 Å². The number of thioether (sulfide) groups is 1. The zero-order valence-corrected chi connectivity index (χ0v) is 6.88. The fraction of sp³-hybridized carbons (Fsp3) is 0.125. The van der Waals surface area contributed by atoms with Crippen LogP contribution in [0.3, 0.4) is 0 Å². The monoisotopic (exact) mass is 191 g/mol. The van der Waals surface area contributed by atoms with Gasteiger partial charge >= 0.3 is 6.18 Å². The Labute approximate surface area is 72.8 Å². The predicted octanol–water partition coefficient (Wildman–Crippen LogP) is 3.59. The van der Waals surface area contributed by atoms with Crippen molar-refractivity contribution >= 4 is 11.8 Å². The minimum absolute atomic E-state index is 0.625. The summed E-state index contributed by atoms with van der Waals surface area (Å²) in [4.78, 5) is 0.725. The van der Waals surface area contributed by atoms with Crippen LogP contribution in [-0.2, 0) is 6.18 Å². The lowest BCUT2D eigenvalue weighted by atomic mass is 10.2. The molecule has 1 aromatic carbocycles. The average Bonchev–Trinajstić information content (AvgIpc) is 2.03. The first-order valence-electron chi connectivity index (χ1n) is 3.13. The maximum Gasteiger partial charge on any atom is 0.416 e. The van der Waals surface area contributed by atoms with E-state index in [2.05, 4.69) is 6.26 Å². The molecule has 1 aromatic rings. The molecule has 1 radical (unpaired) electrons. The number of alkyl halides is 3. The van der Waals surface area contributed by atoms with E-state index in [1.165, 1.54) is 23.9 Å². The van der Waals surface area contributed by atoms with E-state index < -0.39 is 11.7 Å². The lowest BCUT2D eigenvalue weighted by Crippen LogP contribution is -2.03. The zero-order chi connectivity index (χ0) is 9.19. The van der Waals surface area contributed by atoms with Gasteiger partial charge in [-0.3, -0.25) is 0 Å². The minimum atomic E-state index is -4.25. The van der Waals surface area contributed by atoms with E-state index in [-0.39, 0.29) is 0 Å². The SMILES string of the molecule is [CH2]Sc1ccc(C(F)(F)F)cc1. The molecule has 0 nitrogen and oxygen atoms in total. The lowest BCUT2D eigenvalue weighted by molar-refractivity contribution is -0.137. The highest BCUT2D eigenvalue weighted by Crippen LogP contribution is 2.30.